The maximum absolute atomic E-state index is 12.5. The molecule has 0 fully saturated rings. The molecule has 0 atom stereocenters. The van der Waals surface area contributed by atoms with Gasteiger partial charge in [0, 0.05) is 38.3 Å². The first kappa shape index (κ1) is 24.7. The maximum Gasteiger partial charge on any atom is 0.422 e. The van der Waals surface area contributed by atoms with E-state index in [-0.39, 0.29) is 36.3 Å². The van der Waals surface area contributed by atoms with Gasteiger partial charge in [0.15, 0.2) is 18.2 Å². The van der Waals surface area contributed by atoms with Crippen LogP contribution in [0.25, 0.3) is 5.65 Å². The van der Waals surface area contributed by atoms with Gasteiger partial charge in [-0.25, -0.2) is 0 Å². The average molecular weight is 548 g/mol. The summed E-state index contributed by atoms with van der Waals surface area (Å²) in [5, 5.41) is 14.5. The Morgan fingerprint density at radius 3 is 2.71 bits per heavy atom. The molecule has 7 nitrogen and oxygen atoms in total. The molecule has 3 rings (SSSR count). The van der Waals surface area contributed by atoms with Crippen molar-refractivity contribution in [3.8, 4) is 5.75 Å². The normalized spacial score (nSPS) is 11.8. The fourth-order valence-electron chi connectivity index (χ4n) is 2.86. The third kappa shape index (κ3) is 7.26. The number of aliphatic imine (C=N–C) groups is 1. The van der Waals surface area contributed by atoms with E-state index in [1.165, 1.54) is 0 Å². The van der Waals surface area contributed by atoms with Crippen LogP contribution in [0.4, 0.5) is 13.2 Å². The summed E-state index contributed by atoms with van der Waals surface area (Å²) >= 11 is 0. The molecule has 11 heteroatoms. The minimum absolute atomic E-state index is 0. The number of aryl methyl sites for hydroxylation is 1. The van der Waals surface area contributed by atoms with Crippen molar-refractivity contribution in [1.29, 1.82) is 0 Å². The quantitative estimate of drug-likeness (QED) is 0.269. The van der Waals surface area contributed by atoms with Crippen LogP contribution in [-0.2, 0) is 13.0 Å². The highest BCUT2D eigenvalue weighted by molar-refractivity contribution is 14.0. The molecule has 0 aliphatic carbocycles. The van der Waals surface area contributed by atoms with E-state index in [1.807, 2.05) is 34.9 Å². The zero-order chi connectivity index (χ0) is 21.6. The second-order valence-corrected chi connectivity index (χ2v) is 6.66. The number of nitrogens with zero attached hydrogens (tertiary/aromatic N) is 4. The van der Waals surface area contributed by atoms with Gasteiger partial charge in [0.25, 0.3) is 0 Å². The smallest absolute Gasteiger partial charge is 0.422 e. The summed E-state index contributed by atoms with van der Waals surface area (Å²) < 4.78 is 44.4. The first-order valence-electron chi connectivity index (χ1n) is 9.38. The molecule has 0 amide bonds. The van der Waals surface area contributed by atoms with E-state index in [0.29, 0.717) is 24.5 Å². The third-order valence-corrected chi connectivity index (χ3v) is 4.31. The minimum atomic E-state index is -4.39. The van der Waals surface area contributed by atoms with Crippen LogP contribution in [0, 0.1) is 6.92 Å². The second kappa shape index (κ2) is 11.2. The van der Waals surface area contributed by atoms with Gasteiger partial charge in [-0.3, -0.25) is 9.39 Å². The largest absolute Gasteiger partial charge is 0.484 e. The van der Waals surface area contributed by atoms with Crippen molar-refractivity contribution in [2.75, 3.05) is 20.2 Å². The van der Waals surface area contributed by atoms with E-state index in [4.69, 9.17) is 4.74 Å². The van der Waals surface area contributed by atoms with Gasteiger partial charge in [0.1, 0.15) is 11.6 Å². The molecule has 0 aliphatic rings. The first-order valence-corrected chi connectivity index (χ1v) is 9.38. The SMILES string of the molecule is CN=C(NCCc1nnc2ccccn12)NCc1ccc(C)cc1OCC(F)(F)F.I. The fraction of sp³-hybridized carbons (Fsp3) is 0.350. The van der Waals surface area contributed by atoms with Gasteiger partial charge in [-0.1, -0.05) is 18.2 Å². The summed E-state index contributed by atoms with van der Waals surface area (Å²) in [7, 11) is 1.62. The van der Waals surface area contributed by atoms with E-state index < -0.39 is 12.8 Å². The third-order valence-electron chi connectivity index (χ3n) is 4.31. The number of guanidine groups is 1. The zero-order valence-corrected chi connectivity index (χ0v) is 19.4. The molecule has 0 spiro atoms. The van der Waals surface area contributed by atoms with Gasteiger partial charge >= 0.3 is 6.18 Å². The number of benzene rings is 1. The number of aromatic nitrogens is 3. The summed E-state index contributed by atoms with van der Waals surface area (Å²) in [4.78, 5) is 4.15. The highest BCUT2D eigenvalue weighted by Crippen LogP contribution is 2.23. The molecule has 3 aromatic rings. The monoisotopic (exact) mass is 548 g/mol. The van der Waals surface area contributed by atoms with Gasteiger partial charge in [-0.05, 0) is 30.7 Å². The maximum atomic E-state index is 12.5. The van der Waals surface area contributed by atoms with Crippen molar-refractivity contribution >= 4 is 35.6 Å². The zero-order valence-electron chi connectivity index (χ0n) is 17.1. The van der Waals surface area contributed by atoms with Crippen LogP contribution >= 0.6 is 24.0 Å². The van der Waals surface area contributed by atoms with Crippen LogP contribution in [-0.4, -0.2) is 46.9 Å². The number of ether oxygens (including phenoxy) is 1. The summed E-state index contributed by atoms with van der Waals surface area (Å²) in [6.07, 6.45) is -1.87. The number of halogens is 4. The van der Waals surface area contributed by atoms with Gasteiger partial charge in [-0.15, -0.1) is 34.2 Å². The first-order chi connectivity index (χ1) is 14.4. The van der Waals surface area contributed by atoms with E-state index >= 15 is 0 Å². The lowest BCUT2D eigenvalue weighted by molar-refractivity contribution is -0.153. The molecular weight excluding hydrogens is 524 g/mol. The lowest BCUT2D eigenvalue weighted by Gasteiger charge is -2.16. The molecular formula is C20H24F3IN6O. The van der Waals surface area contributed by atoms with Crippen LogP contribution in [0.1, 0.15) is 17.0 Å². The Morgan fingerprint density at radius 1 is 1.16 bits per heavy atom. The molecule has 0 saturated heterocycles. The van der Waals surface area contributed by atoms with Gasteiger partial charge in [0.05, 0.1) is 0 Å². The number of rotatable bonds is 7. The lowest BCUT2D eigenvalue weighted by Crippen LogP contribution is -2.38. The predicted molar refractivity (Wildman–Crippen MR) is 123 cm³/mol. The molecule has 168 valence electrons. The average Bonchev–Trinajstić information content (AvgIpc) is 3.12. The van der Waals surface area contributed by atoms with Gasteiger partial charge < -0.3 is 15.4 Å². The van der Waals surface area contributed by atoms with Crippen LogP contribution < -0.4 is 15.4 Å². The summed E-state index contributed by atoms with van der Waals surface area (Å²) in [6, 6.07) is 10.8. The molecule has 0 aliphatic heterocycles. The Hall–Kier alpha value is -2.57. The van der Waals surface area contributed by atoms with Crippen molar-refractivity contribution in [2.45, 2.75) is 26.1 Å². The Morgan fingerprint density at radius 2 is 1.97 bits per heavy atom. The molecule has 2 aromatic heterocycles. The van der Waals surface area contributed by atoms with E-state index in [2.05, 4.69) is 25.8 Å². The van der Waals surface area contributed by atoms with Gasteiger partial charge in [0.2, 0.25) is 0 Å². The van der Waals surface area contributed by atoms with Crippen LogP contribution in [0.2, 0.25) is 0 Å². The highest BCUT2D eigenvalue weighted by Gasteiger charge is 2.28. The van der Waals surface area contributed by atoms with E-state index in [0.717, 1.165) is 17.0 Å². The molecule has 0 saturated carbocycles. The molecule has 2 heterocycles. The number of hydrogen-bond acceptors (Lipinski definition) is 4. The summed E-state index contributed by atoms with van der Waals surface area (Å²) in [5.41, 5.74) is 2.20. The number of alkyl halides is 3. The standard InChI is InChI=1S/C20H23F3N6O.HI/c1-14-6-7-15(16(11-14)30-13-20(21,22)23)12-26-19(24-2)25-9-8-18-28-27-17-5-3-4-10-29(17)18;/h3-7,10-11H,8-9,12-13H2,1-2H3,(H2,24,25,26);1H. The molecule has 0 unspecified atom stereocenters. The predicted octanol–water partition coefficient (Wildman–Crippen LogP) is 3.50. The Bertz CT molecular complexity index is 1020. The molecule has 1 aromatic carbocycles. The summed E-state index contributed by atoms with van der Waals surface area (Å²) in [6.45, 7) is 1.29. The molecule has 2 N–H and O–H groups in total. The fourth-order valence-corrected chi connectivity index (χ4v) is 2.86. The van der Waals surface area contributed by atoms with Crippen molar-refractivity contribution in [1.82, 2.24) is 25.2 Å². The number of hydrogen-bond donors (Lipinski definition) is 2. The van der Waals surface area contributed by atoms with Crippen molar-refractivity contribution in [3.05, 3.63) is 59.5 Å². The Labute approximate surface area is 195 Å². The Kier molecular flexibility index (Phi) is 8.89. The van der Waals surface area contributed by atoms with Crippen molar-refractivity contribution in [2.24, 2.45) is 4.99 Å². The second-order valence-electron chi connectivity index (χ2n) is 6.66. The van der Waals surface area contributed by atoms with Crippen LogP contribution in [0.5, 0.6) is 5.75 Å². The highest BCUT2D eigenvalue weighted by atomic mass is 127. The van der Waals surface area contributed by atoms with Crippen molar-refractivity contribution < 1.29 is 17.9 Å². The number of pyridine rings is 1. The summed E-state index contributed by atoms with van der Waals surface area (Å²) in [5.74, 6) is 1.53. The minimum Gasteiger partial charge on any atom is -0.484 e. The van der Waals surface area contributed by atoms with Crippen LogP contribution in [0.15, 0.2) is 47.6 Å². The molecule has 0 radical (unpaired) electrons. The number of fused-ring (bicyclic) bond motifs is 1. The van der Waals surface area contributed by atoms with E-state index in [9.17, 15) is 13.2 Å². The van der Waals surface area contributed by atoms with Crippen molar-refractivity contribution in [3.63, 3.8) is 0 Å². The van der Waals surface area contributed by atoms with Gasteiger partial charge in [-0.2, -0.15) is 13.2 Å². The van der Waals surface area contributed by atoms with Crippen LogP contribution in [0.3, 0.4) is 0 Å². The molecule has 0 bridgehead atoms. The number of nitrogens with one attached hydrogen (secondary N) is 2. The molecule has 31 heavy (non-hydrogen) atoms. The Balaban J connectivity index is 0.00000341. The lowest BCUT2D eigenvalue weighted by atomic mass is 10.1. The van der Waals surface area contributed by atoms with E-state index in [1.54, 1.807) is 26.1 Å². The topological polar surface area (TPSA) is 75.8 Å².